The lowest BCUT2D eigenvalue weighted by atomic mass is 10.1. The Balaban J connectivity index is 1.70. The van der Waals surface area contributed by atoms with E-state index in [0.29, 0.717) is 16.4 Å². The van der Waals surface area contributed by atoms with Crippen LogP contribution in [-0.4, -0.2) is 27.0 Å². The zero-order valence-electron chi connectivity index (χ0n) is 17.9. The zero-order chi connectivity index (χ0) is 23.0. The second kappa shape index (κ2) is 8.48. The van der Waals surface area contributed by atoms with Crippen molar-refractivity contribution in [1.29, 1.82) is 0 Å². The maximum absolute atomic E-state index is 13.5. The molecule has 0 fully saturated rings. The molecule has 0 spiro atoms. The molecule has 8 heteroatoms. The number of amides is 1. The third kappa shape index (κ3) is 4.31. The van der Waals surface area contributed by atoms with E-state index in [1.807, 2.05) is 39.0 Å². The molecule has 1 N–H and O–H groups in total. The Bertz CT molecular complexity index is 1290. The van der Waals surface area contributed by atoms with Gasteiger partial charge in [-0.3, -0.25) is 9.10 Å². The second-order valence-corrected chi connectivity index (χ2v) is 10.2. The van der Waals surface area contributed by atoms with Crippen molar-refractivity contribution in [3.63, 3.8) is 0 Å². The molecule has 1 amide bonds. The summed E-state index contributed by atoms with van der Waals surface area (Å²) in [5.74, 6) is -0.152. The number of fused-ring (bicyclic) bond motifs is 1. The average Bonchev–Trinajstić information content (AvgIpc) is 2.75. The van der Waals surface area contributed by atoms with Crippen molar-refractivity contribution in [3.8, 4) is 5.75 Å². The largest absolute Gasteiger partial charge is 0.476 e. The monoisotopic (exact) mass is 470 g/mol. The van der Waals surface area contributed by atoms with Crippen molar-refractivity contribution in [2.75, 3.05) is 16.2 Å². The fourth-order valence-corrected chi connectivity index (χ4v) is 5.14. The van der Waals surface area contributed by atoms with Crippen LogP contribution >= 0.6 is 11.6 Å². The lowest BCUT2D eigenvalue weighted by molar-refractivity contribution is -0.122. The van der Waals surface area contributed by atoms with Gasteiger partial charge in [0.1, 0.15) is 5.75 Å². The quantitative estimate of drug-likeness (QED) is 0.590. The van der Waals surface area contributed by atoms with E-state index in [-0.39, 0.29) is 17.2 Å². The molecule has 0 saturated carbocycles. The Hall–Kier alpha value is -3.03. The summed E-state index contributed by atoms with van der Waals surface area (Å²) < 4.78 is 34.1. The van der Waals surface area contributed by atoms with Gasteiger partial charge in [-0.05, 0) is 68.3 Å². The van der Waals surface area contributed by atoms with E-state index >= 15 is 0 Å². The van der Waals surface area contributed by atoms with E-state index in [2.05, 4.69) is 5.32 Å². The Morgan fingerprint density at radius 3 is 2.41 bits per heavy atom. The highest BCUT2D eigenvalue weighted by molar-refractivity contribution is 7.92. The summed E-state index contributed by atoms with van der Waals surface area (Å²) >= 11 is 6.14. The van der Waals surface area contributed by atoms with Crippen LogP contribution in [0.2, 0.25) is 5.02 Å². The number of aryl methyl sites for hydroxylation is 3. The van der Waals surface area contributed by atoms with E-state index in [9.17, 15) is 13.2 Å². The van der Waals surface area contributed by atoms with Gasteiger partial charge in [-0.25, -0.2) is 8.42 Å². The first-order valence-corrected chi connectivity index (χ1v) is 11.9. The minimum atomic E-state index is -3.95. The highest BCUT2D eigenvalue weighted by atomic mass is 35.5. The van der Waals surface area contributed by atoms with Crippen molar-refractivity contribution < 1.29 is 17.9 Å². The number of hydrogen-bond acceptors (Lipinski definition) is 4. The van der Waals surface area contributed by atoms with Gasteiger partial charge in [0.05, 0.1) is 17.1 Å². The number of carbonyl (C=O) groups is 1. The minimum Gasteiger partial charge on any atom is -0.476 e. The van der Waals surface area contributed by atoms with Crippen LogP contribution in [0, 0.1) is 20.8 Å². The van der Waals surface area contributed by atoms with Crippen LogP contribution in [0.1, 0.15) is 16.7 Å². The first kappa shape index (κ1) is 22.2. The summed E-state index contributed by atoms with van der Waals surface area (Å²) in [6.45, 7) is 5.53. The smallest absolute Gasteiger partial charge is 0.267 e. The van der Waals surface area contributed by atoms with Crippen LogP contribution in [-0.2, 0) is 14.8 Å². The Morgan fingerprint density at radius 1 is 1.00 bits per heavy atom. The van der Waals surface area contributed by atoms with Gasteiger partial charge in [0, 0.05) is 10.7 Å². The van der Waals surface area contributed by atoms with Crippen LogP contribution in [0.3, 0.4) is 0 Å². The number of nitrogens with zero attached hydrogens (tertiary/aromatic N) is 1. The van der Waals surface area contributed by atoms with Gasteiger partial charge in [-0.2, -0.15) is 0 Å². The molecule has 32 heavy (non-hydrogen) atoms. The van der Waals surface area contributed by atoms with Crippen molar-refractivity contribution in [2.45, 2.75) is 31.8 Å². The minimum absolute atomic E-state index is 0.129. The molecular formula is C24H23ClN2O4S. The van der Waals surface area contributed by atoms with Crippen molar-refractivity contribution >= 4 is 38.9 Å². The van der Waals surface area contributed by atoms with Gasteiger partial charge in [-0.15, -0.1) is 0 Å². The molecule has 0 aromatic heterocycles. The molecule has 1 heterocycles. The maximum atomic E-state index is 13.5. The summed E-state index contributed by atoms with van der Waals surface area (Å²) in [7, 11) is -3.95. The first-order chi connectivity index (χ1) is 15.1. The van der Waals surface area contributed by atoms with Crippen LogP contribution < -0.4 is 14.4 Å². The van der Waals surface area contributed by atoms with Crippen molar-refractivity contribution in [3.05, 3.63) is 82.4 Å². The third-order valence-electron chi connectivity index (χ3n) is 5.34. The number of sulfonamides is 1. The fourth-order valence-electron chi connectivity index (χ4n) is 3.51. The highest BCUT2D eigenvalue weighted by Crippen LogP contribution is 2.39. The Morgan fingerprint density at radius 2 is 1.69 bits per heavy atom. The van der Waals surface area contributed by atoms with Crippen LogP contribution in [0.5, 0.6) is 5.75 Å². The zero-order valence-corrected chi connectivity index (χ0v) is 19.5. The summed E-state index contributed by atoms with van der Waals surface area (Å²) in [4.78, 5) is 13.2. The van der Waals surface area contributed by atoms with Crippen molar-refractivity contribution in [2.24, 2.45) is 0 Å². The first-order valence-electron chi connectivity index (χ1n) is 10.1. The normalized spacial score (nSPS) is 15.6. The topological polar surface area (TPSA) is 75.7 Å². The van der Waals surface area contributed by atoms with Crippen LogP contribution in [0.15, 0.2) is 65.6 Å². The molecule has 1 aliphatic rings. The van der Waals surface area contributed by atoms with Gasteiger partial charge in [0.2, 0.25) is 0 Å². The lowest BCUT2D eigenvalue weighted by Crippen LogP contribution is -2.48. The highest BCUT2D eigenvalue weighted by Gasteiger charge is 2.38. The number of halogens is 1. The number of benzene rings is 3. The molecular weight excluding hydrogens is 448 g/mol. The Kier molecular flexibility index (Phi) is 5.88. The number of carbonyl (C=O) groups excluding carboxylic acids is 1. The molecule has 0 saturated heterocycles. The number of rotatable bonds is 4. The van der Waals surface area contributed by atoms with E-state index in [1.54, 1.807) is 36.4 Å². The van der Waals surface area contributed by atoms with Gasteiger partial charge in [0.25, 0.3) is 15.9 Å². The van der Waals surface area contributed by atoms with Crippen LogP contribution in [0.4, 0.5) is 11.4 Å². The van der Waals surface area contributed by atoms with E-state index in [4.69, 9.17) is 16.3 Å². The summed E-state index contributed by atoms with van der Waals surface area (Å²) in [5, 5.41) is 3.24. The van der Waals surface area contributed by atoms with Gasteiger partial charge < -0.3 is 10.1 Å². The molecule has 3 aromatic rings. The molecule has 0 aliphatic carbocycles. The van der Waals surface area contributed by atoms with Crippen LogP contribution in [0.25, 0.3) is 0 Å². The summed E-state index contributed by atoms with van der Waals surface area (Å²) in [5.41, 5.74) is 3.80. The van der Waals surface area contributed by atoms with E-state index < -0.39 is 22.0 Å². The van der Waals surface area contributed by atoms with Crippen molar-refractivity contribution in [1.82, 2.24) is 0 Å². The summed E-state index contributed by atoms with van der Waals surface area (Å²) in [6, 6.07) is 17.0. The fraction of sp³-hybridized carbons (Fsp3) is 0.208. The second-order valence-electron chi connectivity index (χ2n) is 7.88. The third-order valence-corrected chi connectivity index (χ3v) is 7.37. The molecule has 0 unspecified atom stereocenters. The predicted molar refractivity (Wildman–Crippen MR) is 126 cm³/mol. The van der Waals surface area contributed by atoms with E-state index in [0.717, 1.165) is 16.7 Å². The summed E-state index contributed by atoms with van der Waals surface area (Å²) in [6.07, 6.45) is -1.04. The van der Waals surface area contributed by atoms with E-state index in [1.165, 1.54) is 10.4 Å². The Labute approximate surface area is 192 Å². The average molecular weight is 471 g/mol. The molecule has 166 valence electrons. The predicted octanol–water partition coefficient (Wildman–Crippen LogP) is 4.86. The van der Waals surface area contributed by atoms with Gasteiger partial charge in [-0.1, -0.05) is 41.4 Å². The molecule has 0 radical (unpaired) electrons. The molecule has 4 rings (SSSR count). The molecule has 6 nitrogen and oxygen atoms in total. The SMILES string of the molecule is Cc1ccc(S(=O)(=O)N2C[C@@H](C(=O)Nc3cc(C)ccc3C)Oc3ccc(Cl)cc32)cc1. The van der Waals surface area contributed by atoms with Gasteiger partial charge >= 0.3 is 0 Å². The number of anilines is 2. The number of nitrogens with one attached hydrogen (secondary N) is 1. The molecule has 3 aromatic carbocycles. The van der Waals surface area contributed by atoms with Gasteiger partial charge in [0.15, 0.2) is 6.10 Å². The number of ether oxygens (including phenoxy) is 1. The number of hydrogen-bond donors (Lipinski definition) is 1. The maximum Gasteiger partial charge on any atom is 0.267 e. The molecule has 0 bridgehead atoms. The lowest BCUT2D eigenvalue weighted by Gasteiger charge is -2.35. The standard InChI is InChI=1S/C24H23ClN2O4S/c1-15-5-9-19(10-6-15)32(29,30)27-14-23(31-22-11-8-18(25)13-21(22)27)24(28)26-20-12-16(2)4-7-17(20)3/h4-13,23H,14H2,1-3H3,(H,26,28)/t23-/m0/s1. The molecule has 1 aliphatic heterocycles. The molecule has 1 atom stereocenters.